The molecule has 0 N–H and O–H groups in total. The van der Waals surface area contributed by atoms with E-state index in [9.17, 15) is 0 Å². The van der Waals surface area contributed by atoms with Gasteiger partial charge in [0.05, 0.1) is 0 Å². The Morgan fingerprint density at radius 1 is 0.283 bits per heavy atom. The molecule has 0 aromatic rings. The van der Waals surface area contributed by atoms with Gasteiger partial charge in [-0.25, -0.2) is 0 Å². The van der Waals surface area contributed by atoms with Crippen LogP contribution in [0.5, 0.6) is 0 Å². The molecule has 6 heteroatoms. The summed E-state index contributed by atoms with van der Waals surface area (Å²) in [5, 5.41) is 0. The van der Waals surface area contributed by atoms with Gasteiger partial charge >= 0.3 is 0 Å². The van der Waals surface area contributed by atoms with Crippen molar-refractivity contribution in [2.24, 2.45) is 23.7 Å². The topological polar surface area (TPSA) is 0 Å². The number of rotatable bonds is 28. The van der Waals surface area contributed by atoms with Gasteiger partial charge in [0.2, 0.25) is 0 Å². The predicted molar refractivity (Wildman–Crippen MR) is 227 cm³/mol. The van der Waals surface area contributed by atoms with Gasteiger partial charge in [0.25, 0.3) is 0 Å². The van der Waals surface area contributed by atoms with Crippen LogP contribution in [-0.4, -0.2) is 13.6 Å². The second kappa shape index (κ2) is 21.6. The highest BCUT2D eigenvalue weighted by atomic mass is 32.4. The van der Waals surface area contributed by atoms with E-state index in [-0.39, 0.29) is 0 Å². The average molecular weight is 749 g/mol. The first kappa shape index (κ1) is 42.5. The lowest BCUT2D eigenvalue weighted by Crippen LogP contribution is -2.60. The minimum atomic E-state index is 0.302. The smallest absolute Gasteiger partial charge is 0.104 e. The molecule has 0 aromatic heterocycles. The van der Waals surface area contributed by atoms with Crippen LogP contribution in [0.1, 0.15) is 209 Å². The molecule has 4 heterocycles. The maximum atomic E-state index is 2.69. The first-order valence-electron chi connectivity index (χ1n) is 20.4. The van der Waals surface area contributed by atoms with Crippen LogP contribution in [0.2, 0.25) is 0 Å². The summed E-state index contributed by atoms with van der Waals surface area (Å²) in [6.45, 7) is 20.2. The van der Waals surface area contributed by atoms with Crippen molar-refractivity contribution in [3.8, 4) is 0 Å². The van der Waals surface area contributed by atoms with E-state index in [1.54, 1.807) is 0 Å². The van der Waals surface area contributed by atoms with E-state index in [2.05, 4.69) is 126 Å². The Bertz CT molecular complexity index is 650. The molecular formula is C40H76S6. The van der Waals surface area contributed by atoms with Gasteiger partial charge in [0.15, 0.2) is 0 Å². The van der Waals surface area contributed by atoms with Crippen LogP contribution >= 0.6 is 70.6 Å². The van der Waals surface area contributed by atoms with Gasteiger partial charge < -0.3 is 0 Å². The molecule has 46 heavy (non-hydrogen) atoms. The van der Waals surface area contributed by atoms with Crippen molar-refractivity contribution in [3.63, 3.8) is 0 Å². The molecule has 0 amide bonds. The quantitative estimate of drug-likeness (QED) is 0.0726. The normalized spacial score (nSPS) is 31.3. The highest BCUT2D eigenvalue weighted by Crippen LogP contribution is 2.93. The summed E-state index contributed by atoms with van der Waals surface area (Å²) in [7, 11) is 0. The fourth-order valence-electron chi connectivity index (χ4n) is 7.57. The third-order valence-electron chi connectivity index (χ3n) is 11.1. The van der Waals surface area contributed by atoms with Crippen LogP contribution in [0, 0.1) is 23.7 Å². The van der Waals surface area contributed by atoms with Crippen molar-refractivity contribution in [2.45, 2.75) is 223 Å². The van der Waals surface area contributed by atoms with Gasteiger partial charge in [-0.1, -0.05) is 184 Å². The minimum absolute atomic E-state index is 0.302. The van der Waals surface area contributed by atoms with Crippen molar-refractivity contribution in [3.05, 3.63) is 0 Å². The lowest BCUT2D eigenvalue weighted by Gasteiger charge is -2.71. The molecule has 0 spiro atoms. The molecule has 0 aliphatic carbocycles. The Hall–Kier alpha value is 2.10. The summed E-state index contributed by atoms with van der Waals surface area (Å²) in [5.41, 5.74) is 0. The maximum Gasteiger partial charge on any atom is 0.115 e. The molecule has 4 saturated heterocycles. The predicted octanol–water partition coefficient (Wildman–Crippen LogP) is 17.0. The molecule has 0 nitrogen and oxygen atoms in total. The third-order valence-corrected chi connectivity index (χ3v) is 25.3. The van der Waals surface area contributed by atoms with Crippen LogP contribution in [-0.2, 0) is 0 Å². The molecule has 4 aliphatic rings. The molecule has 4 rings (SSSR count). The van der Waals surface area contributed by atoms with E-state index < -0.39 is 0 Å². The van der Waals surface area contributed by atoms with Gasteiger partial charge in [-0.05, 0) is 49.4 Å². The van der Waals surface area contributed by atoms with Crippen LogP contribution in [0.15, 0.2) is 0 Å². The zero-order chi connectivity index (χ0) is 33.5. The molecule has 0 saturated carbocycles. The number of unbranched alkanes of at least 4 members (excludes halogenated alkanes) is 16. The average Bonchev–Trinajstić information content (AvgIpc) is 3.03. The molecule has 0 radical (unpaired) electrons. The summed E-state index contributed by atoms with van der Waals surface area (Å²) in [6.07, 6.45) is 33.9. The standard InChI is InChI=1S/C40H76S6/c1-9-13-17-21-25-29-33(5)37-41-38(34(6)30-26-22-18-14-10-2)44-39(42-37,35(7)31-27-23-19-15-11-3)46-40(43-37,45-38)36(8)32-28-24-20-16-12-4/h33-36H,9-32H2,1-8H3. The lowest BCUT2D eigenvalue weighted by molar-refractivity contribution is 0.457. The zero-order valence-electron chi connectivity index (χ0n) is 31.7. The highest BCUT2D eigenvalue weighted by molar-refractivity contribution is 8.64. The van der Waals surface area contributed by atoms with E-state index in [1.165, 1.54) is 154 Å². The summed E-state index contributed by atoms with van der Waals surface area (Å²) < 4.78 is 1.21. The number of hydrogen-bond donors (Lipinski definition) is 0. The third kappa shape index (κ3) is 11.6. The van der Waals surface area contributed by atoms with Crippen molar-refractivity contribution >= 4 is 70.6 Å². The van der Waals surface area contributed by atoms with Gasteiger partial charge in [0, 0.05) is 0 Å². The van der Waals surface area contributed by atoms with E-state index in [4.69, 9.17) is 0 Å². The van der Waals surface area contributed by atoms with Gasteiger partial charge in [-0.15, -0.1) is 70.6 Å². The van der Waals surface area contributed by atoms with Crippen molar-refractivity contribution in [2.75, 3.05) is 0 Å². The van der Waals surface area contributed by atoms with Crippen molar-refractivity contribution < 1.29 is 0 Å². The molecular weight excluding hydrogens is 673 g/mol. The summed E-state index contributed by atoms with van der Waals surface area (Å²) in [6, 6.07) is 0. The lowest BCUT2D eigenvalue weighted by atomic mass is 10.0. The Balaban J connectivity index is 1.92. The van der Waals surface area contributed by atoms with Crippen molar-refractivity contribution in [1.82, 2.24) is 0 Å². The molecule has 4 aliphatic heterocycles. The fourth-order valence-corrected chi connectivity index (χ4v) is 29.0. The van der Waals surface area contributed by atoms with Gasteiger partial charge in [0.1, 0.15) is 13.6 Å². The molecule has 0 aromatic carbocycles. The monoisotopic (exact) mass is 748 g/mol. The van der Waals surface area contributed by atoms with Crippen LogP contribution < -0.4 is 0 Å². The summed E-state index contributed by atoms with van der Waals surface area (Å²) in [4.78, 5) is 0. The fraction of sp³-hybridized carbons (Fsp3) is 1.00. The van der Waals surface area contributed by atoms with E-state index in [0.717, 1.165) is 23.7 Å². The molecule has 4 fully saturated rings. The number of thioether (sulfide) groups is 6. The second-order valence-corrected chi connectivity index (χ2v) is 27.5. The Kier molecular flexibility index (Phi) is 19.9. The van der Waals surface area contributed by atoms with Crippen LogP contribution in [0.25, 0.3) is 0 Å². The molecule has 4 bridgehead atoms. The van der Waals surface area contributed by atoms with Crippen molar-refractivity contribution in [1.29, 1.82) is 0 Å². The first-order chi connectivity index (χ1) is 22.2. The first-order valence-corrected chi connectivity index (χ1v) is 25.3. The van der Waals surface area contributed by atoms with E-state index >= 15 is 0 Å². The maximum absolute atomic E-state index is 2.69. The highest BCUT2D eigenvalue weighted by Gasteiger charge is 2.75. The minimum Gasteiger partial charge on any atom is -0.104 e. The van der Waals surface area contributed by atoms with E-state index in [0.29, 0.717) is 13.6 Å². The van der Waals surface area contributed by atoms with Gasteiger partial charge in [-0.2, -0.15) is 0 Å². The van der Waals surface area contributed by atoms with Crippen LogP contribution in [0.3, 0.4) is 0 Å². The SMILES string of the molecule is CCCCCCCC(C)C12SC3(C(C)CCCCCCC)SC(C(C)CCCCCCC)(S1)SC(C(C)CCCCCCC)(S2)S3. The zero-order valence-corrected chi connectivity index (χ0v) is 36.6. The van der Waals surface area contributed by atoms with Crippen LogP contribution in [0.4, 0.5) is 0 Å². The molecule has 272 valence electrons. The Morgan fingerprint density at radius 3 is 0.630 bits per heavy atom. The van der Waals surface area contributed by atoms with E-state index in [1.807, 2.05) is 0 Å². The Labute approximate surface area is 315 Å². The Morgan fingerprint density at radius 2 is 0.457 bits per heavy atom. The number of hydrogen-bond acceptors (Lipinski definition) is 6. The largest absolute Gasteiger partial charge is 0.115 e. The summed E-state index contributed by atoms with van der Waals surface area (Å²) in [5.74, 6) is 3.06. The molecule has 4 unspecified atom stereocenters. The summed E-state index contributed by atoms with van der Waals surface area (Å²) >= 11 is 15.0. The molecule has 4 atom stereocenters. The second-order valence-electron chi connectivity index (χ2n) is 15.4. The van der Waals surface area contributed by atoms with Gasteiger partial charge in [-0.3, -0.25) is 0 Å².